The first kappa shape index (κ1) is 16.7. The van der Waals surface area contributed by atoms with Crippen LogP contribution < -0.4 is 5.32 Å². The van der Waals surface area contributed by atoms with E-state index in [4.69, 9.17) is 0 Å². The van der Waals surface area contributed by atoms with Crippen LogP contribution in [0.2, 0.25) is 0 Å². The average molecular weight is 321 g/mol. The third-order valence-corrected chi connectivity index (χ3v) is 4.14. The van der Waals surface area contributed by atoms with Gasteiger partial charge in [0.1, 0.15) is 5.01 Å². The van der Waals surface area contributed by atoms with E-state index in [1.165, 1.54) is 16.2 Å². The molecule has 0 bridgehead atoms. The van der Waals surface area contributed by atoms with Crippen LogP contribution in [0.15, 0.2) is 5.38 Å². The van der Waals surface area contributed by atoms with Crippen LogP contribution in [-0.4, -0.2) is 35.2 Å². The summed E-state index contributed by atoms with van der Waals surface area (Å²) in [6, 6.07) is 0.0795. The Morgan fingerprint density at radius 2 is 2.14 bits per heavy atom. The molecule has 0 atom stereocenters. The van der Waals surface area contributed by atoms with Crippen molar-refractivity contribution in [2.75, 3.05) is 13.1 Å². The summed E-state index contributed by atoms with van der Waals surface area (Å²) in [6.07, 6.45) is -2.41. The van der Waals surface area contributed by atoms with Crippen LogP contribution in [-0.2, 0) is 13.1 Å². The Morgan fingerprint density at radius 1 is 1.43 bits per heavy atom. The highest BCUT2D eigenvalue weighted by Crippen LogP contribution is 2.31. The molecule has 2 rings (SSSR count). The highest BCUT2D eigenvalue weighted by molar-refractivity contribution is 7.09. The average Bonchev–Trinajstić information content (AvgIpc) is 3.09. The fourth-order valence-corrected chi connectivity index (χ4v) is 2.92. The Labute approximate surface area is 127 Å². The van der Waals surface area contributed by atoms with Crippen molar-refractivity contribution in [2.45, 2.75) is 52.0 Å². The van der Waals surface area contributed by atoms with E-state index in [1.54, 1.807) is 0 Å². The standard InChI is InChI=1S/C14H22F3N3S/c1-10(2)5-18-6-13-19-11(8-21-13)7-20(12-3-4-12)9-14(15,16)17/h8,10,12,18H,3-7,9H2,1-2H3. The third-order valence-electron chi connectivity index (χ3n) is 3.24. The predicted molar refractivity (Wildman–Crippen MR) is 78.1 cm³/mol. The van der Waals surface area contributed by atoms with Gasteiger partial charge < -0.3 is 5.32 Å². The third kappa shape index (κ3) is 6.32. The molecule has 120 valence electrons. The second-order valence-corrected chi connectivity index (χ2v) is 6.95. The monoisotopic (exact) mass is 321 g/mol. The van der Waals surface area contributed by atoms with Crippen LogP contribution in [0, 0.1) is 5.92 Å². The van der Waals surface area contributed by atoms with E-state index in [2.05, 4.69) is 24.1 Å². The number of nitrogens with zero attached hydrogens (tertiary/aromatic N) is 2. The molecular formula is C14H22F3N3S. The van der Waals surface area contributed by atoms with E-state index < -0.39 is 12.7 Å². The number of nitrogens with one attached hydrogen (secondary N) is 1. The predicted octanol–water partition coefficient (Wildman–Crippen LogP) is 3.42. The zero-order valence-electron chi connectivity index (χ0n) is 12.4. The van der Waals surface area contributed by atoms with Crippen molar-refractivity contribution in [1.29, 1.82) is 0 Å². The van der Waals surface area contributed by atoms with Gasteiger partial charge in [-0.25, -0.2) is 4.98 Å². The van der Waals surface area contributed by atoms with Crippen LogP contribution in [0.1, 0.15) is 37.4 Å². The minimum absolute atomic E-state index is 0.0795. The van der Waals surface area contributed by atoms with Crippen LogP contribution in [0.3, 0.4) is 0 Å². The van der Waals surface area contributed by atoms with Gasteiger partial charge >= 0.3 is 6.18 Å². The first-order valence-corrected chi connectivity index (χ1v) is 8.16. The normalized spacial score (nSPS) is 16.1. The largest absolute Gasteiger partial charge is 0.401 e. The van der Waals surface area contributed by atoms with Gasteiger partial charge in [-0.15, -0.1) is 11.3 Å². The molecule has 0 saturated heterocycles. The molecule has 1 aliphatic carbocycles. The summed E-state index contributed by atoms with van der Waals surface area (Å²) in [4.78, 5) is 5.93. The first-order valence-electron chi connectivity index (χ1n) is 7.28. The first-order chi connectivity index (χ1) is 9.83. The molecule has 1 heterocycles. The molecule has 0 radical (unpaired) electrons. The molecule has 7 heteroatoms. The van der Waals surface area contributed by atoms with Gasteiger partial charge in [0.25, 0.3) is 0 Å². The quantitative estimate of drug-likeness (QED) is 0.795. The zero-order chi connectivity index (χ0) is 15.5. The molecule has 1 aliphatic rings. The second-order valence-electron chi connectivity index (χ2n) is 6.01. The van der Waals surface area contributed by atoms with Crippen LogP contribution >= 0.6 is 11.3 Å². The summed E-state index contributed by atoms with van der Waals surface area (Å²) in [5, 5.41) is 6.11. The number of hydrogen-bond acceptors (Lipinski definition) is 4. The SMILES string of the molecule is CC(C)CNCc1nc(CN(CC(F)(F)F)C2CC2)cs1. The van der Waals surface area contributed by atoms with E-state index in [9.17, 15) is 13.2 Å². The second kappa shape index (κ2) is 7.07. The van der Waals surface area contributed by atoms with Gasteiger partial charge in [0.15, 0.2) is 0 Å². The maximum atomic E-state index is 12.6. The fourth-order valence-electron chi connectivity index (χ4n) is 2.16. The molecule has 0 spiro atoms. The molecule has 0 aliphatic heterocycles. The zero-order valence-corrected chi connectivity index (χ0v) is 13.2. The smallest absolute Gasteiger partial charge is 0.310 e. The lowest BCUT2D eigenvalue weighted by molar-refractivity contribution is -0.148. The Balaban J connectivity index is 1.85. The minimum Gasteiger partial charge on any atom is -0.310 e. The lowest BCUT2D eigenvalue weighted by Crippen LogP contribution is -2.35. The van der Waals surface area contributed by atoms with E-state index in [-0.39, 0.29) is 6.04 Å². The highest BCUT2D eigenvalue weighted by atomic mass is 32.1. The molecule has 0 amide bonds. The number of rotatable bonds is 8. The van der Waals surface area contributed by atoms with E-state index in [1.807, 2.05) is 5.38 Å². The molecule has 1 fully saturated rings. The molecule has 1 N–H and O–H groups in total. The Kier molecular flexibility index (Phi) is 5.62. The Bertz CT molecular complexity index is 441. The van der Waals surface area contributed by atoms with Gasteiger partial charge in [0.2, 0.25) is 0 Å². The highest BCUT2D eigenvalue weighted by Gasteiger charge is 2.38. The van der Waals surface area contributed by atoms with Crippen molar-refractivity contribution in [2.24, 2.45) is 5.92 Å². The summed E-state index contributed by atoms with van der Waals surface area (Å²) in [7, 11) is 0. The molecule has 1 aromatic rings. The van der Waals surface area contributed by atoms with Gasteiger partial charge in [0.05, 0.1) is 12.2 Å². The van der Waals surface area contributed by atoms with Crippen LogP contribution in [0.25, 0.3) is 0 Å². The molecular weight excluding hydrogens is 299 g/mol. The van der Waals surface area contributed by atoms with Crippen molar-refractivity contribution < 1.29 is 13.2 Å². The summed E-state index contributed by atoms with van der Waals surface area (Å²) in [5.74, 6) is 0.571. The van der Waals surface area contributed by atoms with E-state index in [0.29, 0.717) is 19.0 Å². The van der Waals surface area contributed by atoms with Gasteiger partial charge in [-0.3, -0.25) is 4.90 Å². The van der Waals surface area contributed by atoms with Gasteiger partial charge in [0, 0.05) is 24.5 Å². The van der Waals surface area contributed by atoms with Crippen molar-refractivity contribution >= 4 is 11.3 Å². The number of hydrogen-bond donors (Lipinski definition) is 1. The maximum Gasteiger partial charge on any atom is 0.401 e. The summed E-state index contributed by atoms with van der Waals surface area (Å²) in [5.41, 5.74) is 0.748. The maximum absolute atomic E-state index is 12.6. The van der Waals surface area contributed by atoms with Crippen molar-refractivity contribution in [3.05, 3.63) is 16.1 Å². The lowest BCUT2D eigenvalue weighted by Gasteiger charge is -2.22. The topological polar surface area (TPSA) is 28.2 Å². The summed E-state index contributed by atoms with van der Waals surface area (Å²) in [6.45, 7) is 5.32. The van der Waals surface area contributed by atoms with Crippen molar-refractivity contribution in [1.82, 2.24) is 15.2 Å². The van der Waals surface area contributed by atoms with Gasteiger partial charge in [-0.2, -0.15) is 13.2 Å². The molecule has 0 aromatic carbocycles. The minimum atomic E-state index is -4.14. The van der Waals surface area contributed by atoms with Gasteiger partial charge in [-0.05, 0) is 25.3 Å². The Hall–Kier alpha value is -0.660. The number of alkyl halides is 3. The molecule has 1 saturated carbocycles. The molecule has 3 nitrogen and oxygen atoms in total. The summed E-state index contributed by atoms with van der Waals surface area (Å²) < 4.78 is 37.7. The molecule has 1 aromatic heterocycles. The Morgan fingerprint density at radius 3 is 2.71 bits per heavy atom. The number of thiazole rings is 1. The van der Waals surface area contributed by atoms with Crippen LogP contribution in [0.4, 0.5) is 13.2 Å². The summed E-state index contributed by atoms with van der Waals surface area (Å²) >= 11 is 1.51. The van der Waals surface area contributed by atoms with Crippen molar-refractivity contribution in [3.8, 4) is 0 Å². The number of aromatic nitrogens is 1. The fraction of sp³-hybridized carbons (Fsp3) is 0.786. The van der Waals surface area contributed by atoms with E-state index >= 15 is 0 Å². The van der Waals surface area contributed by atoms with Crippen molar-refractivity contribution in [3.63, 3.8) is 0 Å². The molecule has 0 unspecified atom stereocenters. The molecule has 21 heavy (non-hydrogen) atoms. The van der Waals surface area contributed by atoms with Gasteiger partial charge in [-0.1, -0.05) is 13.8 Å². The number of halogens is 3. The van der Waals surface area contributed by atoms with E-state index in [0.717, 1.165) is 30.1 Å². The van der Waals surface area contributed by atoms with Crippen LogP contribution in [0.5, 0.6) is 0 Å². The lowest BCUT2D eigenvalue weighted by atomic mass is 10.2.